The van der Waals surface area contributed by atoms with Crippen LogP contribution in [0.3, 0.4) is 0 Å². The second kappa shape index (κ2) is 5.92. The van der Waals surface area contributed by atoms with E-state index in [2.05, 4.69) is 22.9 Å². The molecule has 1 aromatic carbocycles. The number of nitrogens with zero attached hydrogens (tertiary/aromatic N) is 2. The maximum absolute atomic E-state index is 12.8. The standard InChI is InChI=1S/C20H26N2O2/c1-21-12-15(18-5-3-4-6-19(18)21)11-20(24)22(2)16-7-13-9-17(23)10-14(13)8-16/h3-6,12-14,16-17,23H,7-11H2,1-2H3/t13-,14+,16?,17?. The lowest BCUT2D eigenvalue weighted by Crippen LogP contribution is -2.37. The molecule has 2 fully saturated rings. The van der Waals surface area contributed by atoms with E-state index in [4.69, 9.17) is 0 Å². The number of para-hydroxylation sites is 1. The van der Waals surface area contributed by atoms with E-state index < -0.39 is 0 Å². The molecule has 1 N–H and O–H groups in total. The first-order valence-electron chi connectivity index (χ1n) is 8.99. The summed E-state index contributed by atoms with van der Waals surface area (Å²) in [6.07, 6.45) is 6.39. The number of carbonyl (C=O) groups is 1. The third-order valence-electron chi connectivity index (χ3n) is 6.23. The largest absolute Gasteiger partial charge is 0.393 e. The van der Waals surface area contributed by atoms with E-state index in [-0.39, 0.29) is 12.0 Å². The summed E-state index contributed by atoms with van der Waals surface area (Å²) in [5.74, 6) is 1.42. The first-order valence-corrected chi connectivity index (χ1v) is 8.99. The number of likely N-dealkylation sites (N-methyl/N-ethyl adjacent to an activating group) is 1. The van der Waals surface area contributed by atoms with Crippen molar-refractivity contribution in [3.05, 3.63) is 36.0 Å². The van der Waals surface area contributed by atoms with Gasteiger partial charge in [0.15, 0.2) is 0 Å². The molecule has 1 amide bonds. The average molecular weight is 326 g/mol. The van der Waals surface area contributed by atoms with E-state index in [0.29, 0.717) is 24.3 Å². The number of aryl methyl sites for hydroxylation is 1. The first kappa shape index (κ1) is 15.7. The van der Waals surface area contributed by atoms with Crippen LogP contribution < -0.4 is 0 Å². The highest BCUT2D eigenvalue weighted by Gasteiger charge is 2.43. The molecule has 0 saturated heterocycles. The third kappa shape index (κ3) is 2.63. The topological polar surface area (TPSA) is 45.5 Å². The minimum absolute atomic E-state index is 0.113. The SMILES string of the molecule is CN(C(=O)Cc1cn(C)c2ccccc12)C1C[C@H]2CC(O)C[C@H]2C1. The maximum Gasteiger partial charge on any atom is 0.227 e. The summed E-state index contributed by atoms with van der Waals surface area (Å²) in [6.45, 7) is 0. The smallest absolute Gasteiger partial charge is 0.227 e. The monoisotopic (exact) mass is 326 g/mol. The second-order valence-electron chi connectivity index (χ2n) is 7.73. The lowest BCUT2D eigenvalue weighted by atomic mass is 10.0. The second-order valence-corrected chi connectivity index (χ2v) is 7.73. The Bertz CT molecular complexity index is 752. The Balaban J connectivity index is 1.46. The van der Waals surface area contributed by atoms with Gasteiger partial charge in [-0.1, -0.05) is 18.2 Å². The molecule has 1 heterocycles. The molecule has 4 nitrogen and oxygen atoms in total. The van der Waals surface area contributed by atoms with Crippen molar-refractivity contribution in [2.24, 2.45) is 18.9 Å². The van der Waals surface area contributed by atoms with Gasteiger partial charge in [-0.3, -0.25) is 4.79 Å². The Morgan fingerprint density at radius 3 is 2.58 bits per heavy atom. The fourth-order valence-electron chi connectivity index (χ4n) is 4.93. The predicted octanol–water partition coefficient (Wildman–Crippen LogP) is 2.73. The lowest BCUT2D eigenvalue weighted by Gasteiger charge is -2.25. The van der Waals surface area contributed by atoms with Gasteiger partial charge in [0.2, 0.25) is 5.91 Å². The van der Waals surface area contributed by atoms with Gasteiger partial charge in [-0.15, -0.1) is 0 Å². The van der Waals surface area contributed by atoms with Gasteiger partial charge in [0.05, 0.1) is 12.5 Å². The molecule has 2 saturated carbocycles. The summed E-state index contributed by atoms with van der Waals surface area (Å²) < 4.78 is 2.10. The van der Waals surface area contributed by atoms with Crippen molar-refractivity contribution in [3.8, 4) is 0 Å². The van der Waals surface area contributed by atoms with Crippen molar-refractivity contribution < 1.29 is 9.90 Å². The molecule has 4 atom stereocenters. The maximum atomic E-state index is 12.8. The Morgan fingerprint density at radius 2 is 1.88 bits per heavy atom. The van der Waals surface area contributed by atoms with Crippen molar-refractivity contribution in [3.63, 3.8) is 0 Å². The summed E-state index contributed by atoms with van der Waals surface area (Å²) in [5.41, 5.74) is 2.28. The highest BCUT2D eigenvalue weighted by molar-refractivity contribution is 5.89. The van der Waals surface area contributed by atoms with Crippen LogP contribution in [-0.4, -0.2) is 39.7 Å². The zero-order valence-corrected chi connectivity index (χ0v) is 14.5. The molecule has 24 heavy (non-hydrogen) atoms. The van der Waals surface area contributed by atoms with Gasteiger partial charge < -0.3 is 14.6 Å². The van der Waals surface area contributed by atoms with Crippen molar-refractivity contribution >= 4 is 16.8 Å². The molecule has 4 rings (SSSR count). The Morgan fingerprint density at radius 1 is 1.21 bits per heavy atom. The zero-order valence-electron chi connectivity index (χ0n) is 14.5. The quantitative estimate of drug-likeness (QED) is 0.943. The molecule has 128 valence electrons. The van der Waals surface area contributed by atoms with Crippen molar-refractivity contribution in [2.75, 3.05) is 7.05 Å². The van der Waals surface area contributed by atoms with E-state index in [1.54, 1.807) is 0 Å². The number of hydrogen-bond acceptors (Lipinski definition) is 2. The molecule has 2 aliphatic rings. The molecule has 4 heteroatoms. The van der Waals surface area contributed by atoms with Gasteiger partial charge in [-0.25, -0.2) is 0 Å². The van der Waals surface area contributed by atoms with Crippen LogP contribution in [0.4, 0.5) is 0 Å². The van der Waals surface area contributed by atoms with E-state index in [9.17, 15) is 9.90 Å². The molecule has 0 spiro atoms. The fraction of sp³-hybridized carbons (Fsp3) is 0.550. The van der Waals surface area contributed by atoms with E-state index in [1.165, 1.54) is 10.9 Å². The van der Waals surface area contributed by atoms with E-state index in [1.807, 2.05) is 31.1 Å². The number of amides is 1. The Hall–Kier alpha value is -1.81. The lowest BCUT2D eigenvalue weighted by molar-refractivity contribution is -0.131. The molecule has 0 bridgehead atoms. The molecular weight excluding hydrogens is 300 g/mol. The number of aliphatic hydroxyl groups excluding tert-OH is 1. The summed E-state index contributed by atoms with van der Waals surface area (Å²) in [4.78, 5) is 14.8. The predicted molar refractivity (Wildman–Crippen MR) is 94.6 cm³/mol. The van der Waals surface area contributed by atoms with Gasteiger partial charge in [0.25, 0.3) is 0 Å². The normalized spacial score (nSPS) is 29.1. The van der Waals surface area contributed by atoms with Crippen LogP contribution >= 0.6 is 0 Å². The van der Waals surface area contributed by atoms with Crippen LogP contribution in [-0.2, 0) is 18.3 Å². The molecule has 2 unspecified atom stereocenters. The van der Waals surface area contributed by atoms with Crippen LogP contribution in [0.15, 0.2) is 30.5 Å². The number of fused-ring (bicyclic) bond motifs is 2. The minimum Gasteiger partial charge on any atom is -0.393 e. The van der Waals surface area contributed by atoms with E-state index in [0.717, 1.165) is 31.2 Å². The minimum atomic E-state index is -0.113. The highest BCUT2D eigenvalue weighted by Crippen LogP contribution is 2.45. The van der Waals surface area contributed by atoms with Crippen LogP contribution in [0, 0.1) is 11.8 Å². The fourth-order valence-corrected chi connectivity index (χ4v) is 4.93. The van der Waals surface area contributed by atoms with Gasteiger partial charge in [-0.2, -0.15) is 0 Å². The highest BCUT2D eigenvalue weighted by atomic mass is 16.3. The van der Waals surface area contributed by atoms with Gasteiger partial charge >= 0.3 is 0 Å². The van der Waals surface area contributed by atoms with Crippen LogP contribution in [0.5, 0.6) is 0 Å². The number of aromatic nitrogens is 1. The van der Waals surface area contributed by atoms with Crippen LogP contribution in [0.25, 0.3) is 10.9 Å². The summed E-state index contributed by atoms with van der Waals surface area (Å²) in [5, 5.41) is 11.0. The summed E-state index contributed by atoms with van der Waals surface area (Å²) in [6, 6.07) is 8.60. The first-order chi connectivity index (χ1) is 11.5. The molecule has 1 aromatic heterocycles. The summed E-state index contributed by atoms with van der Waals surface area (Å²) >= 11 is 0. The van der Waals surface area contributed by atoms with E-state index >= 15 is 0 Å². The number of benzene rings is 1. The Kier molecular flexibility index (Phi) is 3.87. The Labute approximate surface area is 143 Å². The van der Waals surface area contributed by atoms with Gasteiger partial charge in [0.1, 0.15) is 0 Å². The zero-order chi connectivity index (χ0) is 16.8. The molecule has 0 aliphatic heterocycles. The number of rotatable bonds is 3. The third-order valence-corrected chi connectivity index (χ3v) is 6.23. The van der Waals surface area contributed by atoms with Crippen LogP contribution in [0.1, 0.15) is 31.2 Å². The molecule has 0 radical (unpaired) electrons. The van der Waals surface area contributed by atoms with Crippen molar-refractivity contribution in [1.82, 2.24) is 9.47 Å². The van der Waals surface area contributed by atoms with Crippen LogP contribution in [0.2, 0.25) is 0 Å². The number of hydrogen-bond donors (Lipinski definition) is 1. The van der Waals surface area contributed by atoms with Gasteiger partial charge in [0, 0.05) is 37.2 Å². The molecular formula is C20H26N2O2. The number of aliphatic hydroxyl groups is 1. The summed E-state index contributed by atoms with van der Waals surface area (Å²) in [7, 11) is 3.99. The van der Waals surface area contributed by atoms with Gasteiger partial charge in [-0.05, 0) is 49.1 Å². The molecule has 2 aliphatic carbocycles. The number of carbonyl (C=O) groups excluding carboxylic acids is 1. The van der Waals surface area contributed by atoms with Crippen molar-refractivity contribution in [2.45, 2.75) is 44.2 Å². The average Bonchev–Trinajstić information content (AvgIpc) is 3.19. The molecule has 2 aromatic rings. The van der Waals surface area contributed by atoms with Crippen molar-refractivity contribution in [1.29, 1.82) is 0 Å².